The third kappa shape index (κ3) is 6.89. The fourth-order valence-electron chi connectivity index (χ4n) is 4.33. The number of nitrogens with one attached hydrogen (secondary N) is 1. The first kappa shape index (κ1) is 21.9. The van der Waals surface area contributed by atoms with E-state index in [1.165, 1.54) is 38.2 Å². The number of nitrogens with zero attached hydrogens (tertiary/aromatic N) is 4. The number of para-hydroxylation sites is 1. The first-order chi connectivity index (χ1) is 14.3. The normalized spacial score (nSPS) is 19.6. The van der Waals surface area contributed by atoms with Gasteiger partial charge in [-0.15, -0.1) is 0 Å². The Labute approximate surface area is 176 Å². The lowest BCUT2D eigenvalue weighted by Gasteiger charge is -2.36. The zero-order valence-electron chi connectivity index (χ0n) is 18.4. The number of piperazine rings is 1. The molecule has 6 heteroatoms. The van der Waals surface area contributed by atoms with Gasteiger partial charge in [-0.3, -0.25) is 9.89 Å². The standard InChI is InChI=1S/C23H39N5O/c1-3-29-22-11-15-28(16-12-22)23(24-2)25-13-7-8-14-26-17-19-27(20-18-26)21-9-5-4-6-10-21/h4-6,9-10,22H,3,7-8,11-20H2,1-2H3,(H,24,25). The van der Waals surface area contributed by atoms with Gasteiger partial charge in [0, 0.05) is 65.2 Å². The summed E-state index contributed by atoms with van der Waals surface area (Å²) in [6.07, 6.45) is 5.05. The Kier molecular flexibility index (Phi) is 9.09. The molecule has 0 aromatic heterocycles. The quantitative estimate of drug-likeness (QED) is 0.412. The molecule has 0 saturated carbocycles. The lowest BCUT2D eigenvalue weighted by molar-refractivity contribution is 0.0264. The van der Waals surface area contributed by atoms with Crippen LogP contribution in [0, 0.1) is 0 Å². The van der Waals surface area contributed by atoms with Crippen molar-refractivity contribution >= 4 is 11.6 Å². The largest absolute Gasteiger partial charge is 0.378 e. The summed E-state index contributed by atoms with van der Waals surface area (Å²) in [6.45, 7) is 11.8. The van der Waals surface area contributed by atoms with Crippen molar-refractivity contribution in [2.75, 3.05) is 70.9 Å². The summed E-state index contributed by atoms with van der Waals surface area (Å²) >= 11 is 0. The fraction of sp³-hybridized carbons (Fsp3) is 0.696. The third-order valence-electron chi connectivity index (χ3n) is 6.03. The van der Waals surface area contributed by atoms with E-state index in [4.69, 9.17) is 4.74 Å². The van der Waals surface area contributed by atoms with Gasteiger partial charge in [0.25, 0.3) is 0 Å². The lowest BCUT2D eigenvalue weighted by atomic mass is 10.1. The molecule has 1 N–H and O–H groups in total. The van der Waals surface area contributed by atoms with Crippen LogP contribution in [0.5, 0.6) is 0 Å². The molecule has 0 amide bonds. The number of aliphatic imine (C=N–C) groups is 1. The Hall–Kier alpha value is -1.79. The number of hydrogen-bond donors (Lipinski definition) is 1. The maximum atomic E-state index is 5.75. The van der Waals surface area contributed by atoms with Crippen molar-refractivity contribution in [3.05, 3.63) is 30.3 Å². The summed E-state index contributed by atoms with van der Waals surface area (Å²) in [4.78, 5) is 12.0. The molecule has 2 fully saturated rings. The van der Waals surface area contributed by atoms with Gasteiger partial charge in [0.1, 0.15) is 0 Å². The van der Waals surface area contributed by atoms with Crippen molar-refractivity contribution in [1.29, 1.82) is 0 Å². The highest BCUT2D eigenvalue weighted by Gasteiger charge is 2.21. The molecule has 6 nitrogen and oxygen atoms in total. The first-order valence-electron chi connectivity index (χ1n) is 11.4. The monoisotopic (exact) mass is 401 g/mol. The molecule has 2 heterocycles. The topological polar surface area (TPSA) is 43.3 Å². The molecule has 0 unspecified atom stereocenters. The molecule has 1 aromatic rings. The van der Waals surface area contributed by atoms with Crippen LogP contribution >= 0.6 is 0 Å². The molecule has 29 heavy (non-hydrogen) atoms. The molecule has 0 aliphatic carbocycles. The van der Waals surface area contributed by atoms with Crippen LogP contribution in [0.25, 0.3) is 0 Å². The second-order valence-corrected chi connectivity index (χ2v) is 7.99. The van der Waals surface area contributed by atoms with Crippen molar-refractivity contribution in [3.8, 4) is 0 Å². The molecule has 162 valence electrons. The summed E-state index contributed by atoms with van der Waals surface area (Å²) < 4.78 is 5.75. The average Bonchev–Trinajstić information content (AvgIpc) is 2.78. The average molecular weight is 402 g/mol. The van der Waals surface area contributed by atoms with E-state index in [-0.39, 0.29) is 0 Å². The van der Waals surface area contributed by atoms with E-state index in [2.05, 4.69) is 62.3 Å². The van der Waals surface area contributed by atoms with Gasteiger partial charge in [-0.2, -0.15) is 0 Å². The molecule has 3 rings (SSSR count). The van der Waals surface area contributed by atoms with Crippen molar-refractivity contribution in [1.82, 2.24) is 15.1 Å². The second kappa shape index (κ2) is 12.0. The van der Waals surface area contributed by atoms with Crippen LogP contribution in [0.3, 0.4) is 0 Å². The van der Waals surface area contributed by atoms with Gasteiger partial charge in [0.2, 0.25) is 0 Å². The number of ether oxygens (including phenoxy) is 1. The molecule has 0 atom stereocenters. The van der Waals surface area contributed by atoms with Crippen LogP contribution < -0.4 is 10.2 Å². The molecule has 0 spiro atoms. The van der Waals surface area contributed by atoms with E-state index >= 15 is 0 Å². The summed E-state index contributed by atoms with van der Waals surface area (Å²) in [6, 6.07) is 10.8. The Bertz CT molecular complexity index is 593. The second-order valence-electron chi connectivity index (χ2n) is 7.99. The maximum Gasteiger partial charge on any atom is 0.193 e. The molecule has 2 saturated heterocycles. The number of anilines is 1. The van der Waals surface area contributed by atoms with Crippen molar-refractivity contribution in [2.24, 2.45) is 4.99 Å². The summed E-state index contributed by atoms with van der Waals surface area (Å²) in [5.41, 5.74) is 1.35. The number of unbranched alkanes of at least 4 members (excludes halogenated alkanes) is 1. The Morgan fingerprint density at radius 3 is 2.41 bits per heavy atom. The van der Waals surface area contributed by atoms with Gasteiger partial charge in [0.15, 0.2) is 5.96 Å². The number of hydrogen-bond acceptors (Lipinski definition) is 4. The number of piperidine rings is 1. The highest BCUT2D eigenvalue weighted by molar-refractivity contribution is 5.79. The molecule has 1 aromatic carbocycles. The van der Waals surface area contributed by atoms with Crippen LogP contribution in [0.15, 0.2) is 35.3 Å². The van der Waals surface area contributed by atoms with Crippen molar-refractivity contribution in [3.63, 3.8) is 0 Å². The smallest absolute Gasteiger partial charge is 0.193 e. The van der Waals surface area contributed by atoms with Gasteiger partial charge in [-0.25, -0.2) is 0 Å². The molecule has 2 aliphatic rings. The minimum atomic E-state index is 0.428. The van der Waals surface area contributed by atoms with E-state index in [0.717, 1.165) is 58.1 Å². The van der Waals surface area contributed by atoms with E-state index in [1.807, 2.05) is 7.05 Å². The van der Waals surface area contributed by atoms with Crippen LogP contribution in [-0.4, -0.2) is 87.9 Å². The van der Waals surface area contributed by atoms with Crippen molar-refractivity contribution in [2.45, 2.75) is 38.7 Å². The zero-order chi connectivity index (χ0) is 20.3. The number of likely N-dealkylation sites (tertiary alicyclic amines) is 1. The number of rotatable bonds is 8. The van der Waals surface area contributed by atoms with E-state index < -0.39 is 0 Å². The molecule has 2 aliphatic heterocycles. The van der Waals surface area contributed by atoms with Crippen molar-refractivity contribution < 1.29 is 4.74 Å². The predicted molar refractivity (Wildman–Crippen MR) is 122 cm³/mol. The highest BCUT2D eigenvalue weighted by Crippen LogP contribution is 2.16. The maximum absolute atomic E-state index is 5.75. The Morgan fingerprint density at radius 1 is 1.03 bits per heavy atom. The molecular weight excluding hydrogens is 362 g/mol. The fourth-order valence-corrected chi connectivity index (χ4v) is 4.33. The van der Waals surface area contributed by atoms with Gasteiger partial charge >= 0.3 is 0 Å². The van der Waals surface area contributed by atoms with Gasteiger partial charge in [0.05, 0.1) is 6.10 Å². The number of guanidine groups is 1. The summed E-state index contributed by atoms with van der Waals surface area (Å²) in [7, 11) is 1.89. The van der Waals surface area contributed by atoms with Crippen LogP contribution in [-0.2, 0) is 4.74 Å². The predicted octanol–water partition coefficient (Wildman–Crippen LogP) is 2.67. The lowest BCUT2D eigenvalue weighted by Crippen LogP contribution is -2.47. The van der Waals surface area contributed by atoms with Gasteiger partial charge in [-0.1, -0.05) is 18.2 Å². The summed E-state index contributed by atoms with van der Waals surface area (Å²) in [5.74, 6) is 1.05. The van der Waals surface area contributed by atoms with Crippen LogP contribution in [0.4, 0.5) is 5.69 Å². The number of benzene rings is 1. The first-order valence-corrected chi connectivity index (χ1v) is 11.4. The van der Waals surface area contributed by atoms with Crippen LogP contribution in [0.1, 0.15) is 32.6 Å². The summed E-state index contributed by atoms with van der Waals surface area (Å²) in [5, 5.41) is 3.56. The minimum Gasteiger partial charge on any atom is -0.378 e. The molecular formula is C23H39N5O. The zero-order valence-corrected chi connectivity index (χ0v) is 18.4. The van der Waals surface area contributed by atoms with Crippen LogP contribution in [0.2, 0.25) is 0 Å². The minimum absolute atomic E-state index is 0.428. The molecule has 0 radical (unpaired) electrons. The Balaban J connectivity index is 1.26. The van der Waals surface area contributed by atoms with E-state index in [1.54, 1.807) is 0 Å². The van der Waals surface area contributed by atoms with Gasteiger partial charge in [-0.05, 0) is 51.3 Å². The van der Waals surface area contributed by atoms with E-state index in [0.29, 0.717) is 6.10 Å². The Morgan fingerprint density at radius 2 is 1.76 bits per heavy atom. The third-order valence-corrected chi connectivity index (χ3v) is 6.03. The SMILES string of the molecule is CCOC1CCN(C(=NC)NCCCCN2CCN(c3ccccc3)CC2)CC1. The highest BCUT2D eigenvalue weighted by atomic mass is 16.5. The van der Waals surface area contributed by atoms with E-state index in [9.17, 15) is 0 Å². The molecule has 0 bridgehead atoms. The van der Waals surface area contributed by atoms with Gasteiger partial charge < -0.3 is 19.9 Å².